The number of nitrogens with one attached hydrogen (secondary N) is 1. The summed E-state index contributed by atoms with van der Waals surface area (Å²) in [6.45, 7) is 0. The molecule has 3 rings (SSSR count). The van der Waals surface area contributed by atoms with Crippen molar-refractivity contribution in [2.75, 3.05) is 28.4 Å². The zero-order valence-corrected chi connectivity index (χ0v) is 17.0. The zero-order chi connectivity index (χ0) is 19.6. The number of benzene rings is 1. The highest BCUT2D eigenvalue weighted by atomic mass is 79.9. The van der Waals surface area contributed by atoms with E-state index in [1.807, 2.05) is 12.1 Å². The molecule has 0 aliphatic carbocycles. The predicted molar refractivity (Wildman–Crippen MR) is 106 cm³/mol. The smallest absolute Gasteiger partial charge is 0.260 e. The van der Waals surface area contributed by atoms with E-state index in [0.717, 1.165) is 4.47 Å². The molecule has 0 atom stereocenters. The van der Waals surface area contributed by atoms with Crippen LogP contribution in [0.2, 0.25) is 0 Å². The molecule has 2 aromatic heterocycles. The molecule has 2 heterocycles. The van der Waals surface area contributed by atoms with Crippen LogP contribution in [0.5, 0.6) is 23.4 Å². The summed E-state index contributed by atoms with van der Waals surface area (Å²) in [5.41, 5.74) is 1.73. The van der Waals surface area contributed by atoms with Crippen LogP contribution < -0.4 is 24.4 Å². The van der Waals surface area contributed by atoms with Gasteiger partial charge in [-0.2, -0.15) is 4.98 Å². The Balaban J connectivity index is 2.22. The zero-order valence-electron chi connectivity index (χ0n) is 15.4. The SMILES string of the molecule is COc1cc(Cc2c(OC)[nH]c3ccc(Br)cc3c2=O)c(OC)c(OC)n1. The molecule has 1 N–H and O–H groups in total. The lowest BCUT2D eigenvalue weighted by Crippen LogP contribution is -2.14. The van der Waals surface area contributed by atoms with Gasteiger partial charge < -0.3 is 23.9 Å². The Morgan fingerprint density at radius 1 is 1.04 bits per heavy atom. The molecule has 27 heavy (non-hydrogen) atoms. The summed E-state index contributed by atoms with van der Waals surface area (Å²) in [6.07, 6.45) is 0.249. The minimum absolute atomic E-state index is 0.126. The summed E-state index contributed by atoms with van der Waals surface area (Å²) in [7, 11) is 6.05. The van der Waals surface area contributed by atoms with E-state index in [9.17, 15) is 4.79 Å². The van der Waals surface area contributed by atoms with E-state index < -0.39 is 0 Å². The number of hydrogen-bond acceptors (Lipinski definition) is 6. The molecule has 3 aromatic rings. The van der Waals surface area contributed by atoms with Gasteiger partial charge in [0.1, 0.15) is 0 Å². The highest BCUT2D eigenvalue weighted by Crippen LogP contribution is 2.34. The first-order valence-corrected chi connectivity index (χ1v) is 8.86. The van der Waals surface area contributed by atoms with Crippen molar-refractivity contribution >= 4 is 26.8 Å². The number of ether oxygens (including phenoxy) is 4. The number of aromatic amines is 1. The van der Waals surface area contributed by atoms with Crippen LogP contribution in [0.4, 0.5) is 0 Å². The Labute approximate surface area is 164 Å². The van der Waals surface area contributed by atoms with Gasteiger partial charge >= 0.3 is 0 Å². The van der Waals surface area contributed by atoms with Gasteiger partial charge in [0.2, 0.25) is 5.88 Å². The van der Waals surface area contributed by atoms with Gasteiger partial charge in [-0.3, -0.25) is 4.79 Å². The van der Waals surface area contributed by atoms with Crippen LogP contribution in [-0.4, -0.2) is 38.4 Å². The minimum Gasteiger partial charge on any atom is -0.491 e. The van der Waals surface area contributed by atoms with E-state index in [2.05, 4.69) is 25.9 Å². The molecule has 0 bridgehead atoms. The third-order valence-electron chi connectivity index (χ3n) is 4.20. The van der Waals surface area contributed by atoms with Crippen molar-refractivity contribution in [1.29, 1.82) is 0 Å². The van der Waals surface area contributed by atoms with Gasteiger partial charge in [0, 0.05) is 27.9 Å². The van der Waals surface area contributed by atoms with Crippen molar-refractivity contribution in [3.8, 4) is 23.4 Å². The molecule has 0 unspecified atom stereocenters. The summed E-state index contributed by atoms with van der Waals surface area (Å²) in [5.74, 6) is 1.48. The number of pyridine rings is 2. The van der Waals surface area contributed by atoms with E-state index in [4.69, 9.17) is 18.9 Å². The van der Waals surface area contributed by atoms with Gasteiger partial charge in [-0.25, -0.2) is 0 Å². The van der Waals surface area contributed by atoms with Crippen molar-refractivity contribution in [2.24, 2.45) is 0 Å². The molecular weight excluding hydrogens is 416 g/mol. The summed E-state index contributed by atoms with van der Waals surface area (Å²) >= 11 is 3.41. The van der Waals surface area contributed by atoms with Gasteiger partial charge in [0.15, 0.2) is 17.1 Å². The largest absolute Gasteiger partial charge is 0.491 e. The number of hydrogen-bond donors (Lipinski definition) is 1. The molecule has 0 saturated carbocycles. The molecule has 0 radical (unpaired) electrons. The summed E-state index contributed by atoms with van der Waals surface area (Å²) in [5, 5.41) is 0.562. The van der Waals surface area contributed by atoms with Gasteiger partial charge in [-0.15, -0.1) is 0 Å². The Morgan fingerprint density at radius 2 is 1.81 bits per heavy atom. The molecule has 0 aliphatic rings. The number of fused-ring (bicyclic) bond motifs is 1. The Morgan fingerprint density at radius 3 is 2.44 bits per heavy atom. The van der Waals surface area contributed by atoms with E-state index in [1.165, 1.54) is 28.4 Å². The first kappa shape index (κ1) is 19.0. The number of rotatable bonds is 6. The average Bonchev–Trinajstić information content (AvgIpc) is 2.69. The quantitative estimate of drug-likeness (QED) is 0.640. The van der Waals surface area contributed by atoms with E-state index >= 15 is 0 Å². The van der Waals surface area contributed by atoms with Gasteiger partial charge in [0.05, 0.1) is 39.5 Å². The van der Waals surface area contributed by atoms with Crippen molar-refractivity contribution < 1.29 is 18.9 Å². The Bertz CT molecular complexity index is 1050. The number of methoxy groups -OCH3 is 4. The highest BCUT2D eigenvalue weighted by Gasteiger charge is 2.20. The van der Waals surface area contributed by atoms with Crippen molar-refractivity contribution in [1.82, 2.24) is 9.97 Å². The van der Waals surface area contributed by atoms with Crippen molar-refractivity contribution in [2.45, 2.75) is 6.42 Å². The number of halogens is 1. The molecule has 0 spiro atoms. The van der Waals surface area contributed by atoms with Gasteiger partial charge in [-0.05, 0) is 18.2 Å². The predicted octanol–water partition coefficient (Wildman–Crippen LogP) is 3.31. The molecule has 142 valence electrons. The maximum atomic E-state index is 13.1. The topological polar surface area (TPSA) is 82.7 Å². The van der Waals surface area contributed by atoms with Crippen LogP contribution >= 0.6 is 15.9 Å². The second kappa shape index (κ2) is 7.87. The first-order chi connectivity index (χ1) is 13.0. The lowest BCUT2D eigenvalue weighted by molar-refractivity contribution is 0.326. The first-order valence-electron chi connectivity index (χ1n) is 8.06. The summed E-state index contributed by atoms with van der Waals surface area (Å²) in [6, 6.07) is 7.18. The maximum absolute atomic E-state index is 13.1. The standard InChI is InChI=1S/C19H19BrN2O5/c1-24-15-8-10(17(25-2)19(22-15)27-4)7-13-16(23)12-9-11(20)5-6-14(12)21-18(13)26-3/h5-6,8-9H,7H2,1-4H3,(H,21,23). The van der Waals surface area contributed by atoms with E-state index in [-0.39, 0.29) is 17.7 Å². The lowest BCUT2D eigenvalue weighted by atomic mass is 10.0. The summed E-state index contributed by atoms with van der Waals surface area (Å²) < 4.78 is 22.2. The van der Waals surface area contributed by atoms with Crippen molar-refractivity contribution in [3.63, 3.8) is 0 Å². The van der Waals surface area contributed by atoms with Crippen LogP contribution in [0.3, 0.4) is 0 Å². The molecule has 1 aromatic carbocycles. The van der Waals surface area contributed by atoms with E-state index in [0.29, 0.717) is 39.5 Å². The van der Waals surface area contributed by atoms with Crippen LogP contribution in [0.15, 0.2) is 33.5 Å². The maximum Gasteiger partial charge on any atom is 0.260 e. The van der Waals surface area contributed by atoms with Crippen LogP contribution in [0, 0.1) is 0 Å². The monoisotopic (exact) mass is 434 g/mol. The Kier molecular flexibility index (Phi) is 5.55. The van der Waals surface area contributed by atoms with Crippen LogP contribution in [0.1, 0.15) is 11.1 Å². The molecule has 0 fully saturated rings. The van der Waals surface area contributed by atoms with Crippen LogP contribution in [-0.2, 0) is 6.42 Å². The fourth-order valence-corrected chi connectivity index (χ4v) is 3.29. The normalized spacial score (nSPS) is 10.7. The molecule has 0 aliphatic heterocycles. The highest BCUT2D eigenvalue weighted by molar-refractivity contribution is 9.10. The molecule has 0 amide bonds. The Hall–Kier alpha value is -2.74. The number of H-pyrrole nitrogens is 1. The number of aromatic nitrogens is 2. The second-order valence-electron chi connectivity index (χ2n) is 5.70. The van der Waals surface area contributed by atoms with Gasteiger partial charge in [-0.1, -0.05) is 15.9 Å². The minimum atomic E-state index is -0.126. The second-order valence-corrected chi connectivity index (χ2v) is 6.61. The van der Waals surface area contributed by atoms with Crippen LogP contribution in [0.25, 0.3) is 10.9 Å². The third kappa shape index (κ3) is 3.57. The van der Waals surface area contributed by atoms with E-state index in [1.54, 1.807) is 12.1 Å². The summed E-state index contributed by atoms with van der Waals surface area (Å²) in [4.78, 5) is 20.5. The van der Waals surface area contributed by atoms with Crippen molar-refractivity contribution in [3.05, 3.63) is 50.1 Å². The molecule has 8 heteroatoms. The fourth-order valence-electron chi connectivity index (χ4n) is 2.93. The lowest BCUT2D eigenvalue weighted by Gasteiger charge is -2.15. The fraction of sp³-hybridized carbons (Fsp3) is 0.263. The van der Waals surface area contributed by atoms with Gasteiger partial charge in [0.25, 0.3) is 5.88 Å². The molecular formula is C19H19BrN2O5. The number of nitrogens with zero attached hydrogens (tertiary/aromatic N) is 1. The third-order valence-corrected chi connectivity index (χ3v) is 4.69. The molecule has 0 saturated heterocycles. The molecule has 7 nitrogen and oxygen atoms in total. The average molecular weight is 435 g/mol.